The third-order valence-corrected chi connectivity index (χ3v) is 5.38. The summed E-state index contributed by atoms with van der Waals surface area (Å²) in [5.41, 5.74) is 1.70. The second kappa shape index (κ2) is 7.05. The first-order valence-corrected chi connectivity index (χ1v) is 8.98. The number of carbonyl (C=O) groups is 1. The van der Waals surface area contributed by atoms with Gasteiger partial charge in [-0.15, -0.1) is 0 Å². The molecule has 0 fully saturated rings. The predicted molar refractivity (Wildman–Crippen MR) is 97.8 cm³/mol. The highest BCUT2D eigenvalue weighted by atomic mass is 19.3. The molecule has 28 heavy (non-hydrogen) atoms. The zero-order valence-electron chi connectivity index (χ0n) is 15.1. The van der Waals surface area contributed by atoms with E-state index in [1.165, 1.54) is 4.90 Å². The Morgan fingerprint density at radius 2 is 1.89 bits per heavy atom. The van der Waals surface area contributed by atoms with Crippen LogP contribution in [0.25, 0.3) is 10.9 Å². The molecule has 2 atom stereocenters. The number of hydrogen-bond acceptors (Lipinski definition) is 2. The largest absolute Gasteiger partial charge is 0.357 e. The third kappa shape index (κ3) is 2.99. The number of aromatic amines is 1. The van der Waals surface area contributed by atoms with Crippen molar-refractivity contribution in [2.75, 3.05) is 6.54 Å². The molecule has 0 unspecified atom stereocenters. The maximum absolute atomic E-state index is 14.8. The molecule has 2 aromatic carbocycles. The SMILES string of the molecule is C[C@@H]1Cc2c([nH]c3ccccc23)[C@@H](c2c(F)cc(C=O)cc2F)N1CC(F)F. The maximum Gasteiger partial charge on any atom is 0.251 e. The van der Waals surface area contributed by atoms with Crippen LogP contribution in [0.15, 0.2) is 36.4 Å². The molecule has 7 heteroatoms. The Balaban J connectivity index is 1.97. The predicted octanol–water partition coefficient (Wildman–Crippen LogP) is 4.86. The summed E-state index contributed by atoms with van der Waals surface area (Å²) in [5, 5.41) is 0.913. The van der Waals surface area contributed by atoms with Gasteiger partial charge in [0, 0.05) is 33.8 Å². The summed E-state index contributed by atoms with van der Waals surface area (Å²) in [6, 6.07) is 7.92. The molecule has 1 aliphatic heterocycles. The highest BCUT2D eigenvalue weighted by Gasteiger charge is 2.39. The van der Waals surface area contributed by atoms with Crippen LogP contribution in [0.2, 0.25) is 0 Å². The number of halogens is 4. The smallest absolute Gasteiger partial charge is 0.251 e. The fraction of sp³-hybridized carbons (Fsp3) is 0.286. The van der Waals surface area contributed by atoms with Gasteiger partial charge in [0.05, 0.1) is 12.6 Å². The highest BCUT2D eigenvalue weighted by Crippen LogP contribution is 2.42. The molecule has 0 bridgehead atoms. The molecule has 0 saturated heterocycles. The van der Waals surface area contributed by atoms with Gasteiger partial charge in [-0.05, 0) is 37.1 Å². The Bertz CT molecular complexity index is 1020. The van der Waals surface area contributed by atoms with Crippen molar-refractivity contribution < 1.29 is 22.4 Å². The first-order valence-electron chi connectivity index (χ1n) is 8.98. The number of nitrogens with zero attached hydrogens (tertiary/aromatic N) is 1. The normalized spacial score (nSPS) is 19.9. The number of aldehydes is 1. The first-order chi connectivity index (χ1) is 13.4. The lowest BCUT2D eigenvalue weighted by Gasteiger charge is -2.40. The van der Waals surface area contributed by atoms with Crippen molar-refractivity contribution in [3.63, 3.8) is 0 Å². The standard InChI is InChI=1S/C21H18F4N2O/c1-11-6-14-13-4-2-3-5-17(13)26-20(14)21(27(11)9-18(24)25)19-15(22)7-12(10-28)8-16(19)23/h2-5,7-8,10-11,18,21,26H,6,9H2,1H3/t11-,21-/m1/s1. The van der Waals surface area contributed by atoms with E-state index in [0.29, 0.717) is 18.4 Å². The molecular formula is C21H18F4N2O. The van der Waals surface area contributed by atoms with E-state index in [1.54, 1.807) is 6.92 Å². The van der Waals surface area contributed by atoms with Crippen LogP contribution in [0.1, 0.15) is 40.1 Å². The summed E-state index contributed by atoms with van der Waals surface area (Å²) < 4.78 is 56.3. The Morgan fingerprint density at radius 3 is 2.54 bits per heavy atom. The second-order valence-electron chi connectivity index (χ2n) is 7.12. The van der Waals surface area contributed by atoms with Crippen LogP contribution in [-0.2, 0) is 6.42 Å². The van der Waals surface area contributed by atoms with Gasteiger partial charge in [0.1, 0.15) is 17.9 Å². The number of carbonyl (C=O) groups excluding carboxylic acids is 1. The molecule has 0 radical (unpaired) electrons. The number of nitrogens with one attached hydrogen (secondary N) is 1. The quantitative estimate of drug-likeness (QED) is 0.510. The van der Waals surface area contributed by atoms with E-state index in [2.05, 4.69) is 4.98 Å². The number of H-pyrrole nitrogens is 1. The number of rotatable bonds is 4. The van der Waals surface area contributed by atoms with Gasteiger partial charge in [0.2, 0.25) is 0 Å². The lowest BCUT2D eigenvalue weighted by Crippen LogP contribution is -2.45. The average Bonchev–Trinajstić information content (AvgIpc) is 3.01. The van der Waals surface area contributed by atoms with Crippen LogP contribution in [0.3, 0.4) is 0 Å². The molecule has 0 spiro atoms. The van der Waals surface area contributed by atoms with Crippen LogP contribution in [0.4, 0.5) is 17.6 Å². The van der Waals surface area contributed by atoms with Crippen LogP contribution in [0, 0.1) is 11.6 Å². The van der Waals surface area contributed by atoms with E-state index in [-0.39, 0.29) is 17.2 Å². The van der Waals surface area contributed by atoms with Crippen LogP contribution in [-0.4, -0.2) is 35.2 Å². The van der Waals surface area contributed by atoms with Crippen molar-refractivity contribution in [1.29, 1.82) is 0 Å². The molecule has 1 aliphatic rings. The fourth-order valence-corrected chi connectivity index (χ4v) is 4.20. The minimum absolute atomic E-state index is 0.139. The lowest BCUT2D eigenvalue weighted by atomic mass is 9.88. The van der Waals surface area contributed by atoms with Gasteiger partial charge in [-0.25, -0.2) is 17.6 Å². The maximum atomic E-state index is 14.8. The van der Waals surface area contributed by atoms with Crippen molar-refractivity contribution in [3.05, 3.63) is 70.4 Å². The molecule has 0 aliphatic carbocycles. The number of fused-ring (bicyclic) bond motifs is 3. The molecule has 0 saturated carbocycles. The van der Waals surface area contributed by atoms with Crippen molar-refractivity contribution in [2.24, 2.45) is 0 Å². The van der Waals surface area contributed by atoms with Gasteiger partial charge >= 0.3 is 0 Å². The van der Waals surface area contributed by atoms with Crippen molar-refractivity contribution >= 4 is 17.2 Å². The Labute approximate surface area is 159 Å². The van der Waals surface area contributed by atoms with E-state index in [1.807, 2.05) is 24.3 Å². The van der Waals surface area contributed by atoms with Crippen LogP contribution in [0.5, 0.6) is 0 Å². The summed E-state index contributed by atoms with van der Waals surface area (Å²) in [6.07, 6.45) is -1.82. The summed E-state index contributed by atoms with van der Waals surface area (Å²) in [5.74, 6) is -1.85. The van der Waals surface area contributed by atoms with Crippen molar-refractivity contribution in [1.82, 2.24) is 9.88 Å². The van der Waals surface area contributed by atoms with Gasteiger partial charge in [0.15, 0.2) is 0 Å². The Hall–Kier alpha value is -2.67. The minimum Gasteiger partial charge on any atom is -0.357 e. The number of para-hydroxylation sites is 1. The molecule has 1 aromatic heterocycles. The van der Waals surface area contributed by atoms with Gasteiger partial charge in [0.25, 0.3) is 6.43 Å². The van der Waals surface area contributed by atoms with Crippen molar-refractivity contribution in [2.45, 2.75) is 31.9 Å². The van der Waals surface area contributed by atoms with Gasteiger partial charge < -0.3 is 4.98 Å². The van der Waals surface area contributed by atoms with E-state index < -0.39 is 30.6 Å². The number of alkyl halides is 2. The second-order valence-corrected chi connectivity index (χ2v) is 7.12. The number of aromatic nitrogens is 1. The van der Waals surface area contributed by atoms with Crippen molar-refractivity contribution in [3.8, 4) is 0 Å². The van der Waals surface area contributed by atoms with Gasteiger partial charge in [-0.3, -0.25) is 9.69 Å². The fourth-order valence-electron chi connectivity index (χ4n) is 4.20. The van der Waals surface area contributed by atoms with E-state index in [9.17, 15) is 22.4 Å². The molecule has 0 amide bonds. The molecule has 4 rings (SSSR count). The molecule has 146 valence electrons. The zero-order valence-corrected chi connectivity index (χ0v) is 15.1. The lowest BCUT2D eigenvalue weighted by molar-refractivity contribution is 0.0438. The monoisotopic (exact) mass is 390 g/mol. The minimum atomic E-state index is -2.66. The van der Waals surface area contributed by atoms with E-state index in [0.717, 1.165) is 28.6 Å². The van der Waals surface area contributed by atoms with Gasteiger partial charge in [-0.1, -0.05) is 18.2 Å². The third-order valence-electron chi connectivity index (χ3n) is 5.38. The molecular weight excluding hydrogens is 372 g/mol. The average molecular weight is 390 g/mol. The Morgan fingerprint density at radius 1 is 1.21 bits per heavy atom. The summed E-state index contributed by atoms with van der Waals surface area (Å²) in [4.78, 5) is 15.5. The summed E-state index contributed by atoms with van der Waals surface area (Å²) in [6.45, 7) is 1.16. The van der Waals surface area contributed by atoms with E-state index >= 15 is 0 Å². The van der Waals surface area contributed by atoms with E-state index in [4.69, 9.17) is 0 Å². The number of benzene rings is 2. The van der Waals surface area contributed by atoms with Crippen LogP contribution < -0.4 is 0 Å². The highest BCUT2D eigenvalue weighted by molar-refractivity contribution is 5.85. The molecule has 3 nitrogen and oxygen atoms in total. The molecule has 3 aromatic rings. The summed E-state index contributed by atoms with van der Waals surface area (Å²) >= 11 is 0. The number of hydrogen-bond donors (Lipinski definition) is 1. The molecule has 2 heterocycles. The van der Waals surface area contributed by atoms with Gasteiger partial charge in [-0.2, -0.15) is 0 Å². The zero-order chi connectivity index (χ0) is 20.0. The van der Waals surface area contributed by atoms with Crippen LogP contribution >= 0.6 is 0 Å². The topological polar surface area (TPSA) is 36.1 Å². The first kappa shape index (κ1) is 18.7. The Kier molecular flexibility index (Phi) is 4.71. The summed E-state index contributed by atoms with van der Waals surface area (Å²) in [7, 11) is 0. The molecule has 1 N–H and O–H groups in total.